The van der Waals surface area contributed by atoms with Crippen LogP contribution < -0.4 is 0 Å². The Morgan fingerprint density at radius 2 is 1.89 bits per heavy atom. The van der Waals surface area contributed by atoms with Gasteiger partial charge >= 0.3 is 5.97 Å². The molecule has 0 N–H and O–H groups in total. The van der Waals surface area contributed by atoms with Crippen LogP contribution in [0.25, 0.3) is 17.0 Å². The molecule has 2 aromatic heterocycles. The Morgan fingerprint density at radius 3 is 2.63 bits per heavy atom. The molecule has 0 saturated heterocycles. The molecule has 0 fully saturated rings. The van der Waals surface area contributed by atoms with Gasteiger partial charge in [-0.25, -0.2) is 19.7 Å². The molecule has 0 atom stereocenters. The number of esters is 1. The molecule has 19 heavy (non-hydrogen) atoms. The Bertz CT molecular complexity index is 737. The van der Waals surface area contributed by atoms with E-state index in [1.807, 2.05) is 24.3 Å². The smallest absolute Gasteiger partial charge is 0.374 e. The fourth-order valence-electron chi connectivity index (χ4n) is 1.86. The first-order valence-corrected chi connectivity index (χ1v) is 5.64. The van der Waals surface area contributed by atoms with Crippen LogP contribution in [0.5, 0.6) is 0 Å². The van der Waals surface area contributed by atoms with E-state index in [9.17, 15) is 4.79 Å². The summed E-state index contributed by atoms with van der Waals surface area (Å²) >= 11 is 0. The molecule has 0 unspecified atom stereocenters. The predicted octanol–water partition coefficient (Wildman–Crippen LogP) is 1.60. The average molecular weight is 254 g/mol. The number of hydrogen-bond acceptors (Lipinski definition) is 5. The monoisotopic (exact) mass is 254 g/mol. The second-order valence-corrected chi connectivity index (χ2v) is 3.80. The van der Waals surface area contributed by atoms with E-state index in [0.717, 1.165) is 5.52 Å². The number of carbonyl (C=O) groups excluding carboxylic acids is 1. The molecule has 0 aliphatic rings. The number of benzene rings is 1. The highest BCUT2D eigenvalue weighted by Crippen LogP contribution is 2.19. The van der Waals surface area contributed by atoms with Crippen molar-refractivity contribution in [2.24, 2.45) is 0 Å². The van der Waals surface area contributed by atoms with Crippen molar-refractivity contribution in [3.05, 3.63) is 48.5 Å². The van der Waals surface area contributed by atoms with Crippen molar-refractivity contribution in [2.45, 2.75) is 0 Å². The molecule has 0 spiro atoms. The van der Waals surface area contributed by atoms with Crippen molar-refractivity contribution in [2.75, 3.05) is 7.11 Å². The van der Waals surface area contributed by atoms with Crippen molar-refractivity contribution in [1.82, 2.24) is 19.5 Å². The third-order valence-electron chi connectivity index (χ3n) is 2.68. The number of aromatic nitrogens is 4. The zero-order valence-electron chi connectivity index (χ0n) is 10.1. The summed E-state index contributed by atoms with van der Waals surface area (Å²) in [6, 6.07) is 9.10. The van der Waals surface area contributed by atoms with Gasteiger partial charge in [-0.2, -0.15) is 0 Å². The Hall–Kier alpha value is -2.76. The molecule has 1 aromatic carbocycles. The standard InChI is InChI=1S/C13H10N4O2/c1-19-12(18)11-16-9-5-2-3-6-10(9)17(11)13-14-7-4-8-15-13/h2-8H,1H3. The minimum absolute atomic E-state index is 0.162. The van der Waals surface area contributed by atoms with Gasteiger partial charge in [0.1, 0.15) is 0 Å². The summed E-state index contributed by atoms with van der Waals surface area (Å²) in [5, 5.41) is 0. The number of methoxy groups -OCH3 is 1. The van der Waals surface area contributed by atoms with Gasteiger partial charge in [0, 0.05) is 12.4 Å². The molecule has 2 heterocycles. The number of carbonyl (C=O) groups is 1. The molecule has 94 valence electrons. The van der Waals surface area contributed by atoms with Crippen LogP contribution in [0.4, 0.5) is 0 Å². The number of hydrogen-bond donors (Lipinski definition) is 0. The zero-order chi connectivity index (χ0) is 13.2. The topological polar surface area (TPSA) is 69.9 Å². The van der Waals surface area contributed by atoms with Crippen molar-refractivity contribution in [1.29, 1.82) is 0 Å². The van der Waals surface area contributed by atoms with Crippen molar-refractivity contribution in [3.63, 3.8) is 0 Å². The number of rotatable bonds is 2. The summed E-state index contributed by atoms with van der Waals surface area (Å²) in [6.07, 6.45) is 3.22. The highest BCUT2D eigenvalue weighted by molar-refractivity contribution is 5.92. The molecule has 0 aliphatic carbocycles. The second-order valence-electron chi connectivity index (χ2n) is 3.80. The van der Waals surface area contributed by atoms with E-state index in [-0.39, 0.29) is 5.82 Å². The molecular formula is C13H10N4O2. The maximum absolute atomic E-state index is 11.8. The number of nitrogens with zero attached hydrogens (tertiary/aromatic N) is 4. The SMILES string of the molecule is COC(=O)c1nc2ccccc2n1-c1ncccn1. The molecule has 0 amide bonds. The normalized spacial score (nSPS) is 10.6. The number of para-hydroxylation sites is 2. The average Bonchev–Trinajstić information content (AvgIpc) is 2.86. The summed E-state index contributed by atoms with van der Waals surface area (Å²) in [5.74, 6) is 0.0233. The first-order chi connectivity index (χ1) is 9.31. The molecule has 0 radical (unpaired) electrons. The van der Waals surface area contributed by atoms with Crippen LogP contribution in [-0.2, 0) is 4.74 Å². The summed E-state index contributed by atoms with van der Waals surface area (Å²) in [5.41, 5.74) is 1.45. The number of ether oxygens (including phenoxy) is 1. The first kappa shape index (κ1) is 11.3. The lowest BCUT2D eigenvalue weighted by Gasteiger charge is -2.04. The predicted molar refractivity (Wildman–Crippen MR) is 68.0 cm³/mol. The Balaban J connectivity index is 2.34. The van der Waals surface area contributed by atoms with Gasteiger partial charge in [0.25, 0.3) is 0 Å². The molecule has 0 bridgehead atoms. The summed E-state index contributed by atoms with van der Waals surface area (Å²) < 4.78 is 6.33. The minimum atomic E-state index is -0.524. The van der Waals surface area contributed by atoms with Gasteiger partial charge < -0.3 is 4.74 Å². The largest absolute Gasteiger partial charge is 0.463 e. The van der Waals surface area contributed by atoms with Crippen LogP contribution >= 0.6 is 0 Å². The van der Waals surface area contributed by atoms with Crippen LogP contribution in [0, 0.1) is 0 Å². The van der Waals surface area contributed by atoms with E-state index in [0.29, 0.717) is 11.5 Å². The van der Waals surface area contributed by atoms with E-state index in [4.69, 9.17) is 4.74 Å². The van der Waals surface area contributed by atoms with Crippen molar-refractivity contribution >= 4 is 17.0 Å². The van der Waals surface area contributed by atoms with Gasteiger partial charge in [0.15, 0.2) is 0 Å². The van der Waals surface area contributed by atoms with Crippen LogP contribution in [-0.4, -0.2) is 32.6 Å². The van der Waals surface area contributed by atoms with Gasteiger partial charge in [0.2, 0.25) is 11.8 Å². The van der Waals surface area contributed by atoms with Crippen molar-refractivity contribution < 1.29 is 9.53 Å². The van der Waals surface area contributed by atoms with Crippen LogP contribution in [0.2, 0.25) is 0 Å². The number of imidazole rings is 1. The fraction of sp³-hybridized carbons (Fsp3) is 0.0769. The van der Waals surface area contributed by atoms with Gasteiger partial charge in [-0.1, -0.05) is 12.1 Å². The molecule has 6 nitrogen and oxygen atoms in total. The molecular weight excluding hydrogens is 244 g/mol. The highest BCUT2D eigenvalue weighted by Gasteiger charge is 2.20. The molecule has 6 heteroatoms. The fourth-order valence-corrected chi connectivity index (χ4v) is 1.86. The molecule has 3 rings (SSSR count). The van der Waals surface area contributed by atoms with Crippen LogP contribution in [0.1, 0.15) is 10.6 Å². The van der Waals surface area contributed by atoms with Crippen molar-refractivity contribution in [3.8, 4) is 5.95 Å². The summed E-state index contributed by atoms with van der Waals surface area (Å²) in [4.78, 5) is 24.4. The molecule has 3 aromatic rings. The number of fused-ring (bicyclic) bond motifs is 1. The second kappa shape index (κ2) is 4.49. The van der Waals surface area contributed by atoms with Gasteiger partial charge in [0.05, 0.1) is 18.1 Å². The summed E-state index contributed by atoms with van der Waals surface area (Å²) in [6.45, 7) is 0. The van der Waals surface area contributed by atoms with E-state index >= 15 is 0 Å². The Morgan fingerprint density at radius 1 is 1.16 bits per heavy atom. The third-order valence-corrected chi connectivity index (χ3v) is 2.68. The quantitative estimate of drug-likeness (QED) is 0.650. The van der Waals surface area contributed by atoms with E-state index in [2.05, 4.69) is 15.0 Å². The van der Waals surface area contributed by atoms with Gasteiger partial charge in [-0.3, -0.25) is 4.57 Å². The lowest BCUT2D eigenvalue weighted by atomic mass is 10.3. The van der Waals surface area contributed by atoms with Crippen LogP contribution in [0.3, 0.4) is 0 Å². The zero-order valence-corrected chi connectivity index (χ0v) is 10.1. The van der Waals surface area contributed by atoms with E-state index < -0.39 is 5.97 Å². The highest BCUT2D eigenvalue weighted by atomic mass is 16.5. The first-order valence-electron chi connectivity index (χ1n) is 5.64. The summed E-state index contributed by atoms with van der Waals surface area (Å²) in [7, 11) is 1.32. The Kier molecular flexibility index (Phi) is 2.68. The lowest BCUT2D eigenvalue weighted by molar-refractivity contribution is 0.0585. The van der Waals surface area contributed by atoms with E-state index in [1.54, 1.807) is 23.0 Å². The maximum Gasteiger partial charge on any atom is 0.374 e. The van der Waals surface area contributed by atoms with Gasteiger partial charge in [-0.05, 0) is 18.2 Å². The molecule has 0 saturated carbocycles. The maximum atomic E-state index is 11.8. The van der Waals surface area contributed by atoms with Gasteiger partial charge in [-0.15, -0.1) is 0 Å². The lowest BCUT2D eigenvalue weighted by Crippen LogP contribution is -2.12. The molecule has 0 aliphatic heterocycles. The van der Waals surface area contributed by atoms with E-state index in [1.165, 1.54) is 7.11 Å². The minimum Gasteiger partial charge on any atom is -0.463 e. The third kappa shape index (κ3) is 1.83. The van der Waals surface area contributed by atoms with Crippen LogP contribution in [0.15, 0.2) is 42.7 Å². The Labute approximate surface area is 108 Å².